The predicted molar refractivity (Wildman–Crippen MR) is 67.8 cm³/mol. The molecule has 0 spiro atoms. The molecule has 2 fully saturated rings. The number of nitrogens with zero attached hydrogens (tertiary/aromatic N) is 2. The molecule has 2 aliphatic rings. The van der Waals surface area contributed by atoms with E-state index in [-0.39, 0.29) is 0 Å². The van der Waals surface area contributed by atoms with Crippen molar-refractivity contribution in [3.05, 3.63) is 29.8 Å². The highest BCUT2D eigenvalue weighted by molar-refractivity contribution is 5.53. The van der Waals surface area contributed by atoms with Gasteiger partial charge in [0.2, 0.25) is 0 Å². The van der Waals surface area contributed by atoms with Crippen molar-refractivity contribution in [2.75, 3.05) is 24.5 Å². The molecule has 0 aliphatic carbocycles. The minimum absolute atomic E-state index is 0.573. The summed E-state index contributed by atoms with van der Waals surface area (Å²) in [6.45, 7) is 5.70. The Balaban J connectivity index is 1.88. The van der Waals surface area contributed by atoms with Crippen molar-refractivity contribution >= 4 is 5.69 Å². The summed E-state index contributed by atoms with van der Waals surface area (Å²) in [6, 6.07) is 10.8. The highest BCUT2D eigenvalue weighted by Gasteiger charge is 2.41. The van der Waals surface area contributed by atoms with Gasteiger partial charge in [0.05, 0.1) is 11.6 Å². The van der Waals surface area contributed by atoms with Crippen LogP contribution in [0.4, 0.5) is 5.69 Å². The number of hydrogen-bond donors (Lipinski definition) is 1. The number of benzene rings is 1. The van der Waals surface area contributed by atoms with Crippen LogP contribution in [0.25, 0.3) is 0 Å². The van der Waals surface area contributed by atoms with Crippen LogP contribution in [0, 0.1) is 23.2 Å². The molecule has 17 heavy (non-hydrogen) atoms. The van der Waals surface area contributed by atoms with Gasteiger partial charge in [-0.15, -0.1) is 0 Å². The molecule has 0 aromatic heterocycles. The second kappa shape index (κ2) is 4.05. The number of anilines is 1. The standard InChI is InChI=1S/C14H17N3/c1-10-14-8-16-7-12(14)9-17(10)13-4-2-3-11(5-13)6-15/h2-5,10,12,14,16H,7-9H2,1H3. The van der Waals surface area contributed by atoms with E-state index in [4.69, 9.17) is 5.26 Å². The van der Waals surface area contributed by atoms with Crippen molar-refractivity contribution in [2.45, 2.75) is 13.0 Å². The Kier molecular flexibility index (Phi) is 2.53. The van der Waals surface area contributed by atoms with Gasteiger partial charge in [-0.25, -0.2) is 0 Å². The quantitative estimate of drug-likeness (QED) is 0.792. The Morgan fingerprint density at radius 1 is 1.41 bits per heavy atom. The molecule has 0 bridgehead atoms. The van der Waals surface area contributed by atoms with Gasteiger partial charge in [0.25, 0.3) is 0 Å². The van der Waals surface area contributed by atoms with E-state index in [0.717, 1.165) is 37.0 Å². The van der Waals surface area contributed by atoms with E-state index < -0.39 is 0 Å². The van der Waals surface area contributed by atoms with Gasteiger partial charge in [-0.05, 0) is 37.0 Å². The van der Waals surface area contributed by atoms with Gasteiger partial charge in [-0.3, -0.25) is 0 Å². The van der Waals surface area contributed by atoms with Gasteiger partial charge < -0.3 is 10.2 Å². The van der Waals surface area contributed by atoms with Crippen LogP contribution in [0.5, 0.6) is 0 Å². The molecule has 0 radical (unpaired) electrons. The lowest BCUT2D eigenvalue weighted by Gasteiger charge is -2.26. The zero-order valence-corrected chi connectivity index (χ0v) is 10.1. The number of hydrogen-bond acceptors (Lipinski definition) is 3. The summed E-state index contributed by atoms with van der Waals surface area (Å²) in [7, 11) is 0. The third-order valence-corrected chi connectivity index (χ3v) is 4.24. The fraction of sp³-hybridized carbons (Fsp3) is 0.500. The SMILES string of the molecule is CC1C2CNCC2CN1c1cccc(C#N)c1. The first-order chi connectivity index (χ1) is 8.29. The molecule has 2 saturated heterocycles. The zero-order chi connectivity index (χ0) is 11.8. The number of nitrogens with one attached hydrogen (secondary N) is 1. The van der Waals surface area contributed by atoms with Crippen molar-refractivity contribution in [3.8, 4) is 6.07 Å². The summed E-state index contributed by atoms with van der Waals surface area (Å²) < 4.78 is 0. The molecule has 2 aliphatic heterocycles. The number of nitriles is 1. The van der Waals surface area contributed by atoms with Crippen LogP contribution in [0.2, 0.25) is 0 Å². The third-order valence-electron chi connectivity index (χ3n) is 4.24. The molecule has 1 aromatic carbocycles. The maximum atomic E-state index is 8.95. The zero-order valence-electron chi connectivity index (χ0n) is 10.1. The molecular weight excluding hydrogens is 210 g/mol. The maximum absolute atomic E-state index is 8.95. The van der Waals surface area contributed by atoms with E-state index in [9.17, 15) is 0 Å². The molecule has 1 aromatic rings. The van der Waals surface area contributed by atoms with Crippen LogP contribution in [0.15, 0.2) is 24.3 Å². The second-order valence-corrected chi connectivity index (χ2v) is 5.14. The fourth-order valence-corrected chi connectivity index (χ4v) is 3.26. The minimum atomic E-state index is 0.573. The van der Waals surface area contributed by atoms with Crippen molar-refractivity contribution in [3.63, 3.8) is 0 Å². The summed E-state index contributed by atoms with van der Waals surface area (Å²) >= 11 is 0. The Hall–Kier alpha value is -1.53. The normalized spacial score (nSPS) is 31.3. The van der Waals surface area contributed by atoms with E-state index in [1.807, 2.05) is 18.2 Å². The average Bonchev–Trinajstić information content (AvgIpc) is 2.93. The molecule has 2 heterocycles. The Labute approximate surface area is 102 Å². The fourth-order valence-electron chi connectivity index (χ4n) is 3.26. The Morgan fingerprint density at radius 3 is 3.06 bits per heavy atom. The molecule has 3 atom stereocenters. The largest absolute Gasteiger partial charge is 0.368 e. The molecule has 0 saturated carbocycles. The molecule has 3 rings (SSSR count). The van der Waals surface area contributed by atoms with Gasteiger partial charge in [0, 0.05) is 31.4 Å². The van der Waals surface area contributed by atoms with E-state index in [1.54, 1.807) is 0 Å². The van der Waals surface area contributed by atoms with Crippen LogP contribution in [0.1, 0.15) is 12.5 Å². The lowest BCUT2D eigenvalue weighted by atomic mass is 9.95. The van der Waals surface area contributed by atoms with Crippen molar-refractivity contribution in [1.82, 2.24) is 5.32 Å². The smallest absolute Gasteiger partial charge is 0.0992 e. The summed E-state index contributed by atoms with van der Waals surface area (Å²) in [5, 5.41) is 12.4. The van der Waals surface area contributed by atoms with E-state index in [1.165, 1.54) is 5.69 Å². The third kappa shape index (κ3) is 1.69. The molecule has 0 amide bonds. The van der Waals surface area contributed by atoms with Crippen LogP contribution in [-0.2, 0) is 0 Å². The first kappa shape index (κ1) is 10.6. The summed E-state index contributed by atoms with van der Waals surface area (Å²) in [5.41, 5.74) is 1.95. The maximum Gasteiger partial charge on any atom is 0.0992 e. The number of rotatable bonds is 1. The highest BCUT2D eigenvalue weighted by atomic mass is 15.2. The van der Waals surface area contributed by atoms with Gasteiger partial charge in [0.15, 0.2) is 0 Å². The molecule has 88 valence electrons. The van der Waals surface area contributed by atoms with Crippen molar-refractivity contribution < 1.29 is 0 Å². The molecule has 3 heteroatoms. The van der Waals surface area contributed by atoms with Crippen molar-refractivity contribution in [2.24, 2.45) is 11.8 Å². The Morgan fingerprint density at radius 2 is 2.29 bits per heavy atom. The van der Waals surface area contributed by atoms with Gasteiger partial charge in [-0.2, -0.15) is 5.26 Å². The summed E-state index contributed by atoms with van der Waals surface area (Å²) in [6.07, 6.45) is 0. The number of fused-ring (bicyclic) bond motifs is 1. The minimum Gasteiger partial charge on any atom is -0.368 e. The second-order valence-electron chi connectivity index (χ2n) is 5.14. The van der Waals surface area contributed by atoms with Crippen LogP contribution >= 0.6 is 0 Å². The lowest BCUT2D eigenvalue weighted by molar-refractivity contribution is 0.471. The molecule has 3 unspecified atom stereocenters. The lowest BCUT2D eigenvalue weighted by Crippen LogP contribution is -2.33. The van der Waals surface area contributed by atoms with Crippen LogP contribution in [0.3, 0.4) is 0 Å². The van der Waals surface area contributed by atoms with Gasteiger partial charge in [0.1, 0.15) is 0 Å². The molecule has 1 N–H and O–H groups in total. The van der Waals surface area contributed by atoms with E-state index in [0.29, 0.717) is 6.04 Å². The summed E-state index contributed by atoms with van der Waals surface area (Å²) in [5.74, 6) is 1.54. The van der Waals surface area contributed by atoms with E-state index >= 15 is 0 Å². The Bertz CT molecular complexity index is 463. The van der Waals surface area contributed by atoms with Gasteiger partial charge in [-0.1, -0.05) is 6.07 Å². The average molecular weight is 227 g/mol. The van der Waals surface area contributed by atoms with E-state index in [2.05, 4.69) is 29.3 Å². The molecular formula is C14H17N3. The van der Waals surface area contributed by atoms with Crippen molar-refractivity contribution in [1.29, 1.82) is 5.26 Å². The molecule has 3 nitrogen and oxygen atoms in total. The first-order valence-electron chi connectivity index (χ1n) is 6.27. The summed E-state index contributed by atoms with van der Waals surface area (Å²) in [4.78, 5) is 2.46. The predicted octanol–water partition coefficient (Wildman–Crippen LogP) is 1.60. The first-order valence-corrected chi connectivity index (χ1v) is 6.27. The van der Waals surface area contributed by atoms with Crippen LogP contribution in [-0.4, -0.2) is 25.7 Å². The highest BCUT2D eigenvalue weighted by Crippen LogP contribution is 2.35. The van der Waals surface area contributed by atoms with Gasteiger partial charge >= 0.3 is 0 Å². The van der Waals surface area contributed by atoms with Crippen LogP contribution < -0.4 is 10.2 Å². The monoisotopic (exact) mass is 227 g/mol. The topological polar surface area (TPSA) is 39.1 Å².